The van der Waals surface area contributed by atoms with E-state index in [2.05, 4.69) is 15.2 Å². The molecule has 1 fully saturated rings. The molecule has 26 heavy (non-hydrogen) atoms. The number of anilines is 1. The lowest BCUT2D eigenvalue weighted by atomic mass is 10.2. The standard InChI is InChI=1S/C18H19FN4O2S/c1-13-21-18-16(22-10-8-20-9-11-22)6-3-7-17(18)23(13)26(24,25)15-5-2-4-14(19)12-15/h2-7,12,20H,8-11H2,1H3. The Bertz CT molecular complexity index is 1070. The van der Waals surface area contributed by atoms with Gasteiger partial charge in [0.05, 0.1) is 16.1 Å². The van der Waals surface area contributed by atoms with Gasteiger partial charge in [-0.05, 0) is 37.3 Å². The van der Waals surface area contributed by atoms with Gasteiger partial charge in [-0.3, -0.25) is 0 Å². The van der Waals surface area contributed by atoms with Gasteiger partial charge < -0.3 is 10.2 Å². The lowest BCUT2D eigenvalue weighted by Crippen LogP contribution is -2.43. The molecule has 2 heterocycles. The zero-order valence-corrected chi connectivity index (χ0v) is 15.1. The molecule has 0 saturated carbocycles. The average Bonchev–Trinajstić information content (AvgIpc) is 2.99. The first-order valence-electron chi connectivity index (χ1n) is 8.43. The first kappa shape index (κ1) is 17.0. The molecule has 2 aromatic carbocycles. The van der Waals surface area contributed by atoms with Gasteiger partial charge in [0.25, 0.3) is 10.0 Å². The Hall–Kier alpha value is -2.45. The van der Waals surface area contributed by atoms with E-state index in [9.17, 15) is 12.8 Å². The summed E-state index contributed by atoms with van der Waals surface area (Å²) in [6.45, 7) is 5.07. The Balaban J connectivity index is 1.90. The highest BCUT2D eigenvalue weighted by atomic mass is 32.2. The van der Waals surface area contributed by atoms with Crippen LogP contribution in [0.5, 0.6) is 0 Å². The van der Waals surface area contributed by atoms with Gasteiger partial charge in [-0.25, -0.2) is 21.8 Å². The van der Waals surface area contributed by atoms with Crippen molar-refractivity contribution in [2.75, 3.05) is 31.1 Å². The predicted molar refractivity (Wildman–Crippen MR) is 98.5 cm³/mol. The van der Waals surface area contributed by atoms with Gasteiger partial charge >= 0.3 is 0 Å². The van der Waals surface area contributed by atoms with Gasteiger partial charge in [-0.2, -0.15) is 0 Å². The maximum Gasteiger partial charge on any atom is 0.269 e. The molecule has 136 valence electrons. The molecule has 0 amide bonds. The van der Waals surface area contributed by atoms with E-state index in [0.717, 1.165) is 37.9 Å². The van der Waals surface area contributed by atoms with Crippen LogP contribution in [-0.2, 0) is 10.0 Å². The Morgan fingerprint density at radius 3 is 2.58 bits per heavy atom. The number of aromatic nitrogens is 2. The van der Waals surface area contributed by atoms with Crippen molar-refractivity contribution in [3.05, 3.63) is 54.1 Å². The van der Waals surface area contributed by atoms with Crippen LogP contribution in [0.15, 0.2) is 47.4 Å². The third kappa shape index (κ3) is 2.75. The number of fused-ring (bicyclic) bond motifs is 1. The van der Waals surface area contributed by atoms with Crippen LogP contribution in [0.25, 0.3) is 11.0 Å². The Kier molecular flexibility index (Phi) is 4.16. The fraction of sp³-hybridized carbons (Fsp3) is 0.278. The molecule has 0 aliphatic carbocycles. The second-order valence-electron chi connectivity index (χ2n) is 6.27. The number of rotatable bonds is 3. The summed E-state index contributed by atoms with van der Waals surface area (Å²) < 4.78 is 41.0. The summed E-state index contributed by atoms with van der Waals surface area (Å²) >= 11 is 0. The minimum absolute atomic E-state index is 0.0903. The molecule has 1 N–H and O–H groups in total. The molecular weight excluding hydrogens is 355 g/mol. The van der Waals surface area contributed by atoms with E-state index in [0.29, 0.717) is 16.9 Å². The fourth-order valence-electron chi connectivity index (χ4n) is 3.38. The number of hydrogen-bond donors (Lipinski definition) is 1. The first-order valence-corrected chi connectivity index (χ1v) is 9.87. The highest BCUT2D eigenvalue weighted by Crippen LogP contribution is 2.30. The van der Waals surface area contributed by atoms with Crippen LogP contribution in [0.2, 0.25) is 0 Å². The molecule has 8 heteroatoms. The molecule has 0 bridgehead atoms. The van der Waals surface area contributed by atoms with Gasteiger partial charge in [0.1, 0.15) is 17.2 Å². The number of halogens is 1. The zero-order chi connectivity index (χ0) is 18.3. The van der Waals surface area contributed by atoms with Crippen LogP contribution in [0, 0.1) is 12.7 Å². The van der Waals surface area contributed by atoms with E-state index in [1.807, 2.05) is 12.1 Å². The number of para-hydroxylation sites is 1. The van der Waals surface area contributed by atoms with E-state index < -0.39 is 15.8 Å². The number of piperazine rings is 1. The van der Waals surface area contributed by atoms with Crippen LogP contribution in [-0.4, -0.2) is 43.6 Å². The van der Waals surface area contributed by atoms with Gasteiger partial charge in [0, 0.05) is 26.2 Å². The minimum atomic E-state index is -3.94. The quantitative estimate of drug-likeness (QED) is 0.761. The number of aryl methyl sites for hydroxylation is 1. The molecule has 1 saturated heterocycles. The molecule has 0 atom stereocenters. The number of hydrogen-bond acceptors (Lipinski definition) is 5. The molecule has 0 spiro atoms. The van der Waals surface area contributed by atoms with Crippen LogP contribution < -0.4 is 10.2 Å². The minimum Gasteiger partial charge on any atom is -0.367 e. The van der Waals surface area contributed by atoms with Crippen molar-refractivity contribution in [1.29, 1.82) is 0 Å². The smallest absolute Gasteiger partial charge is 0.269 e. The summed E-state index contributed by atoms with van der Waals surface area (Å²) in [6, 6.07) is 10.6. The zero-order valence-electron chi connectivity index (χ0n) is 14.3. The number of nitrogens with one attached hydrogen (secondary N) is 1. The van der Waals surface area contributed by atoms with Crippen molar-refractivity contribution >= 4 is 26.7 Å². The molecule has 6 nitrogen and oxygen atoms in total. The van der Waals surface area contributed by atoms with E-state index >= 15 is 0 Å². The van der Waals surface area contributed by atoms with Gasteiger partial charge in [0.15, 0.2) is 0 Å². The molecule has 1 aromatic heterocycles. The maximum absolute atomic E-state index is 13.6. The predicted octanol–water partition coefficient (Wildman–Crippen LogP) is 2.13. The van der Waals surface area contributed by atoms with Crippen LogP contribution in [0.4, 0.5) is 10.1 Å². The van der Waals surface area contributed by atoms with Gasteiger partial charge in [0.2, 0.25) is 0 Å². The summed E-state index contributed by atoms with van der Waals surface area (Å²) in [5.41, 5.74) is 2.06. The van der Waals surface area contributed by atoms with E-state index in [-0.39, 0.29) is 4.90 Å². The number of benzene rings is 2. The second-order valence-corrected chi connectivity index (χ2v) is 8.05. The molecule has 1 aliphatic heterocycles. The monoisotopic (exact) mass is 374 g/mol. The van der Waals surface area contributed by atoms with Crippen molar-refractivity contribution in [2.24, 2.45) is 0 Å². The molecule has 3 aromatic rings. The Morgan fingerprint density at radius 1 is 1.12 bits per heavy atom. The highest BCUT2D eigenvalue weighted by molar-refractivity contribution is 7.90. The second kappa shape index (κ2) is 6.37. The third-order valence-electron chi connectivity index (χ3n) is 4.57. The van der Waals surface area contributed by atoms with Crippen LogP contribution >= 0.6 is 0 Å². The van der Waals surface area contributed by atoms with Crippen molar-refractivity contribution < 1.29 is 12.8 Å². The Morgan fingerprint density at radius 2 is 1.85 bits per heavy atom. The summed E-state index contributed by atoms with van der Waals surface area (Å²) in [6.07, 6.45) is 0. The molecular formula is C18H19FN4O2S. The maximum atomic E-state index is 13.6. The topological polar surface area (TPSA) is 67.2 Å². The lowest BCUT2D eigenvalue weighted by molar-refractivity contribution is 0.583. The average molecular weight is 374 g/mol. The first-order chi connectivity index (χ1) is 12.5. The SMILES string of the molecule is Cc1nc2c(N3CCNCC3)cccc2n1S(=O)(=O)c1cccc(F)c1. The molecule has 4 rings (SSSR count). The summed E-state index contributed by atoms with van der Waals surface area (Å²) in [5.74, 6) is -0.235. The summed E-state index contributed by atoms with van der Waals surface area (Å²) in [7, 11) is -3.94. The van der Waals surface area contributed by atoms with Gasteiger partial charge in [-0.1, -0.05) is 12.1 Å². The largest absolute Gasteiger partial charge is 0.367 e. The van der Waals surface area contributed by atoms with Crippen molar-refractivity contribution in [3.63, 3.8) is 0 Å². The van der Waals surface area contributed by atoms with Crippen LogP contribution in [0.1, 0.15) is 5.82 Å². The fourth-order valence-corrected chi connectivity index (χ4v) is 4.89. The van der Waals surface area contributed by atoms with E-state index in [4.69, 9.17) is 0 Å². The number of imidazole rings is 1. The molecule has 1 aliphatic rings. The van der Waals surface area contributed by atoms with Crippen molar-refractivity contribution in [2.45, 2.75) is 11.8 Å². The molecule has 0 unspecified atom stereocenters. The van der Waals surface area contributed by atoms with Gasteiger partial charge in [-0.15, -0.1) is 0 Å². The normalized spacial score (nSPS) is 15.5. The lowest BCUT2D eigenvalue weighted by Gasteiger charge is -2.29. The number of nitrogens with zero attached hydrogens (tertiary/aromatic N) is 3. The van der Waals surface area contributed by atoms with E-state index in [1.54, 1.807) is 13.0 Å². The van der Waals surface area contributed by atoms with Crippen molar-refractivity contribution in [1.82, 2.24) is 14.3 Å². The summed E-state index contributed by atoms with van der Waals surface area (Å²) in [5, 5.41) is 3.30. The third-order valence-corrected chi connectivity index (χ3v) is 6.36. The van der Waals surface area contributed by atoms with Crippen molar-refractivity contribution in [3.8, 4) is 0 Å². The highest BCUT2D eigenvalue weighted by Gasteiger charge is 2.25. The van der Waals surface area contributed by atoms with Crippen LogP contribution in [0.3, 0.4) is 0 Å². The Labute approximate surface area is 151 Å². The van der Waals surface area contributed by atoms with E-state index in [1.165, 1.54) is 22.2 Å². The summed E-state index contributed by atoms with van der Waals surface area (Å²) in [4.78, 5) is 6.64. The molecule has 0 radical (unpaired) electrons.